The fraction of sp³-hybridized carbons (Fsp3) is 0.118. The molecule has 0 fully saturated rings. The fourth-order valence-electron chi connectivity index (χ4n) is 1.96. The van der Waals surface area contributed by atoms with Crippen LogP contribution in [-0.2, 0) is 9.53 Å². The number of ketones is 1. The first-order chi connectivity index (χ1) is 12.0. The zero-order valence-corrected chi connectivity index (χ0v) is 13.2. The van der Waals surface area contributed by atoms with Gasteiger partial charge in [-0.25, -0.2) is 9.78 Å². The summed E-state index contributed by atoms with van der Waals surface area (Å²) in [6.45, 7) is 0. The molecule has 0 aliphatic carbocycles. The molecule has 2 rings (SSSR count). The molecule has 2 N–H and O–H groups in total. The predicted molar refractivity (Wildman–Crippen MR) is 88.8 cm³/mol. The van der Waals surface area contributed by atoms with Crippen molar-refractivity contribution in [3.8, 4) is 6.07 Å². The van der Waals surface area contributed by atoms with Gasteiger partial charge in [-0.3, -0.25) is 14.9 Å². The van der Waals surface area contributed by atoms with Gasteiger partial charge in [0.25, 0.3) is 5.91 Å². The third-order valence-electron chi connectivity index (χ3n) is 3.15. The average molecular weight is 338 g/mol. The van der Waals surface area contributed by atoms with Crippen LogP contribution in [0.1, 0.15) is 10.4 Å². The van der Waals surface area contributed by atoms with Gasteiger partial charge in [-0.05, 0) is 24.3 Å². The number of rotatable bonds is 5. The number of pyridine rings is 1. The summed E-state index contributed by atoms with van der Waals surface area (Å²) < 4.78 is 4.47. The SMILES string of the molecule is COC(=O)Nc1cccc(C(=O)C(C#N)C(=O)Nc2ccccn2)c1. The van der Waals surface area contributed by atoms with E-state index in [2.05, 4.69) is 20.4 Å². The maximum Gasteiger partial charge on any atom is 0.411 e. The molecule has 0 bridgehead atoms. The highest BCUT2D eigenvalue weighted by Gasteiger charge is 2.28. The van der Waals surface area contributed by atoms with Crippen molar-refractivity contribution in [2.45, 2.75) is 0 Å². The van der Waals surface area contributed by atoms with Crippen molar-refractivity contribution < 1.29 is 19.1 Å². The summed E-state index contributed by atoms with van der Waals surface area (Å²) in [5.41, 5.74) is 0.413. The van der Waals surface area contributed by atoms with Crippen molar-refractivity contribution >= 4 is 29.3 Å². The van der Waals surface area contributed by atoms with Crippen LogP contribution < -0.4 is 10.6 Å². The van der Waals surface area contributed by atoms with Crippen LogP contribution >= 0.6 is 0 Å². The van der Waals surface area contributed by atoms with Crippen LogP contribution in [-0.4, -0.2) is 29.9 Å². The summed E-state index contributed by atoms with van der Waals surface area (Å²) >= 11 is 0. The Morgan fingerprint density at radius 2 is 1.96 bits per heavy atom. The highest BCUT2D eigenvalue weighted by Crippen LogP contribution is 2.16. The molecule has 1 heterocycles. The lowest BCUT2D eigenvalue weighted by Gasteiger charge is -2.10. The van der Waals surface area contributed by atoms with E-state index >= 15 is 0 Å². The lowest BCUT2D eigenvalue weighted by molar-refractivity contribution is -0.117. The van der Waals surface area contributed by atoms with Gasteiger partial charge in [0.2, 0.25) is 0 Å². The van der Waals surface area contributed by atoms with Gasteiger partial charge < -0.3 is 10.1 Å². The number of anilines is 2. The summed E-state index contributed by atoms with van der Waals surface area (Å²) in [6.07, 6.45) is 0.773. The van der Waals surface area contributed by atoms with Crippen LogP contribution in [0.15, 0.2) is 48.7 Å². The molecule has 8 nitrogen and oxygen atoms in total. The van der Waals surface area contributed by atoms with Crippen molar-refractivity contribution in [2.75, 3.05) is 17.7 Å². The van der Waals surface area contributed by atoms with Gasteiger partial charge >= 0.3 is 6.09 Å². The zero-order chi connectivity index (χ0) is 18.2. The second kappa shape index (κ2) is 8.21. The average Bonchev–Trinajstić information content (AvgIpc) is 2.63. The number of amides is 2. The van der Waals surface area contributed by atoms with Crippen LogP contribution in [0.2, 0.25) is 0 Å². The minimum absolute atomic E-state index is 0.108. The standard InChI is InChI=1S/C17H14N4O4/c1-25-17(24)20-12-6-4-5-11(9-12)15(22)13(10-18)16(23)21-14-7-2-3-8-19-14/h2-9,13H,1H3,(H,20,24)(H,19,21,23). The fourth-order valence-corrected chi connectivity index (χ4v) is 1.96. The molecule has 1 unspecified atom stereocenters. The van der Waals surface area contributed by atoms with E-state index in [4.69, 9.17) is 0 Å². The molecule has 0 aliphatic heterocycles. The molecule has 0 aliphatic rings. The molecule has 1 atom stereocenters. The topological polar surface area (TPSA) is 121 Å². The predicted octanol–water partition coefficient (Wildman–Crippen LogP) is 2.22. The van der Waals surface area contributed by atoms with Gasteiger partial charge in [0, 0.05) is 17.4 Å². The van der Waals surface area contributed by atoms with Gasteiger partial charge in [-0.15, -0.1) is 0 Å². The number of hydrogen-bond donors (Lipinski definition) is 2. The van der Waals surface area contributed by atoms with Crippen LogP contribution in [0.3, 0.4) is 0 Å². The van der Waals surface area contributed by atoms with Crippen molar-refractivity contribution in [1.29, 1.82) is 5.26 Å². The molecule has 126 valence electrons. The number of benzene rings is 1. The summed E-state index contributed by atoms with van der Waals surface area (Å²) in [5.74, 6) is -2.78. The summed E-state index contributed by atoms with van der Waals surface area (Å²) in [5, 5.41) is 14.0. The number of nitrogens with zero attached hydrogens (tertiary/aromatic N) is 2. The quantitative estimate of drug-likeness (QED) is 0.637. The highest BCUT2D eigenvalue weighted by atomic mass is 16.5. The van der Waals surface area contributed by atoms with E-state index in [1.54, 1.807) is 24.3 Å². The Kier molecular flexibility index (Phi) is 5.79. The van der Waals surface area contributed by atoms with Crippen molar-refractivity contribution in [2.24, 2.45) is 5.92 Å². The van der Waals surface area contributed by atoms with E-state index in [0.717, 1.165) is 0 Å². The molecule has 1 aromatic carbocycles. The molecule has 0 spiro atoms. The Morgan fingerprint density at radius 3 is 2.60 bits per heavy atom. The third kappa shape index (κ3) is 4.62. The summed E-state index contributed by atoms with van der Waals surface area (Å²) in [7, 11) is 1.21. The monoisotopic (exact) mass is 338 g/mol. The largest absolute Gasteiger partial charge is 0.453 e. The van der Waals surface area contributed by atoms with Crippen molar-refractivity contribution in [1.82, 2.24) is 4.98 Å². The molecule has 25 heavy (non-hydrogen) atoms. The molecule has 2 amide bonds. The Balaban J connectivity index is 2.16. The third-order valence-corrected chi connectivity index (χ3v) is 3.15. The normalized spacial score (nSPS) is 10.9. The molecule has 2 aromatic rings. The first-order valence-corrected chi connectivity index (χ1v) is 7.16. The van der Waals surface area contributed by atoms with Crippen LogP contribution in [0, 0.1) is 17.2 Å². The molecule has 0 radical (unpaired) electrons. The Labute approximate surface area is 143 Å². The highest BCUT2D eigenvalue weighted by molar-refractivity contribution is 6.15. The number of hydrogen-bond acceptors (Lipinski definition) is 6. The number of carbonyl (C=O) groups is 3. The summed E-state index contributed by atoms with van der Waals surface area (Å²) in [6, 6.07) is 12.4. The molecule has 0 saturated carbocycles. The first-order valence-electron chi connectivity index (χ1n) is 7.16. The Morgan fingerprint density at radius 1 is 1.16 bits per heavy atom. The van der Waals surface area contributed by atoms with Gasteiger partial charge in [0.05, 0.1) is 13.2 Å². The second-order valence-electron chi connectivity index (χ2n) is 4.83. The summed E-state index contributed by atoms with van der Waals surface area (Å²) in [4.78, 5) is 39.8. The lowest BCUT2D eigenvalue weighted by Crippen LogP contribution is -2.29. The van der Waals surface area contributed by atoms with Gasteiger partial charge in [0.1, 0.15) is 5.82 Å². The number of carbonyl (C=O) groups excluding carboxylic acids is 3. The molecule has 0 saturated heterocycles. The Bertz CT molecular complexity index is 830. The van der Waals surface area contributed by atoms with E-state index < -0.39 is 23.7 Å². The minimum atomic E-state index is -1.55. The number of nitrogens with one attached hydrogen (secondary N) is 2. The van der Waals surface area contributed by atoms with E-state index in [1.807, 2.05) is 0 Å². The maximum atomic E-state index is 12.5. The smallest absolute Gasteiger partial charge is 0.411 e. The molecular weight excluding hydrogens is 324 g/mol. The van der Waals surface area contributed by atoms with E-state index in [1.165, 1.54) is 37.6 Å². The molecule has 1 aromatic heterocycles. The van der Waals surface area contributed by atoms with Gasteiger partial charge in [-0.1, -0.05) is 18.2 Å². The second-order valence-corrected chi connectivity index (χ2v) is 4.83. The lowest BCUT2D eigenvalue weighted by atomic mass is 9.97. The van der Waals surface area contributed by atoms with E-state index in [9.17, 15) is 19.6 Å². The van der Waals surface area contributed by atoms with Gasteiger partial charge in [0.15, 0.2) is 11.7 Å². The number of methoxy groups -OCH3 is 1. The number of aromatic nitrogens is 1. The van der Waals surface area contributed by atoms with E-state index in [0.29, 0.717) is 5.69 Å². The van der Waals surface area contributed by atoms with Crippen molar-refractivity contribution in [3.05, 3.63) is 54.2 Å². The van der Waals surface area contributed by atoms with Crippen LogP contribution in [0.4, 0.5) is 16.3 Å². The minimum Gasteiger partial charge on any atom is -0.453 e. The van der Waals surface area contributed by atoms with E-state index in [-0.39, 0.29) is 11.4 Å². The number of Topliss-reactive ketones (excluding diaryl/α,β-unsaturated/α-hetero) is 1. The van der Waals surface area contributed by atoms with Gasteiger partial charge in [-0.2, -0.15) is 5.26 Å². The Hall–Kier alpha value is -3.73. The first kappa shape index (κ1) is 17.6. The van der Waals surface area contributed by atoms with Crippen LogP contribution in [0.25, 0.3) is 0 Å². The molecule has 8 heteroatoms. The maximum absolute atomic E-state index is 12.5. The number of ether oxygens (including phenoxy) is 1. The van der Waals surface area contributed by atoms with Crippen LogP contribution in [0.5, 0.6) is 0 Å². The zero-order valence-electron chi connectivity index (χ0n) is 13.2. The number of nitriles is 1. The molecular formula is C17H14N4O4. The van der Waals surface area contributed by atoms with Crippen molar-refractivity contribution in [3.63, 3.8) is 0 Å².